The highest BCUT2D eigenvalue weighted by molar-refractivity contribution is 6.30. The second kappa shape index (κ2) is 4.23. The molecule has 70 valence electrons. The molecule has 0 saturated heterocycles. The molecule has 0 aliphatic carbocycles. The van der Waals surface area contributed by atoms with Crippen LogP contribution in [0.25, 0.3) is 0 Å². The van der Waals surface area contributed by atoms with Crippen molar-refractivity contribution >= 4 is 17.6 Å². The van der Waals surface area contributed by atoms with Crippen molar-refractivity contribution in [2.24, 2.45) is 0 Å². The number of rotatable bonds is 3. The van der Waals surface area contributed by atoms with Gasteiger partial charge in [-0.05, 0) is 12.5 Å². The Morgan fingerprint density at radius 1 is 1.69 bits per heavy atom. The Kier molecular flexibility index (Phi) is 3.25. The molecule has 0 aromatic carbocycles. The molecule has 0 fully saturated rings. The molecule has 0 aliphatic rings. The summed E-state index contributed by atoms with van der Waals surface area (Å²) >= 11 is 5.64. The van der Waals surface area contributed by atoms with E-state index in [1.165, 1.54) is 12.3 Å². The quantitative estimate of drug-likeness (QED) is 0.813. The van der Waals surface area contributed by atoms with Gasteiger partial charge in [0, 0.05) is 6.20 Å². The zero-order valence-electron chi connectivity index (χ0n) is 7.25. The van der Waals surface area contributed by atoms with Crippen LogP contribution in [-0.2, 0) is 6.42 Å². The molecule has 0 aliphatic heterocycles. The number of carboxylic acids is 1. The molecule has 1 aromatic rings. The lowest BCUT2D eigenvalue weighted by Crippen LogP contribution is -2.04. The lowest BCUT2D eigenvalue weighted by Gasteiger charge is -2.03. The summed E-state index contributed by atoms with van der Waals surface area (Å²) in [6.45, 7) is 1.97. The van der Waals surface area contributed by atoms with Gasteiger partial charge >= 0.3 is 5.97 Å². The number of aromatic nitrogens is 1. The smallest absolute Gasteiger partial charge is 0.337 e. The number of pyridine rings is 1. The molecule has 3 nitrogen and oxygen atoms in total. The van der Waals surface area contributed by atoms with E-state index in [1.54, 1.807) is 0 Å². The number of hydrogen-bond acceptors (Lipinski definition) is 2. The van der Waals surface area contributed by atoms with E-state index < -0.39 is 5.97 Å². The predicted molar refractivity (Wildman–Crippen MR) is 50.2 cm³/mol. The number of halogens is 1. The minimum Gasteiger partial charge on any atom is -0.478 e. The van der Waals surface area contributed by atoms with Crippen molar-refractivity contribution in [1.29, 1.82) is 0 Å². The van der Waals surface area contributed by atoms with E-state index in [-0.39, 0.29) is 5.56 Å². The average molecular weight is 200 g/mol. The maximum Gasteiger partial charge on any atom is 0.337 e. The zero-order valence-corrected chi connectivity index (χ0v) is 8.01. The third-order valence-corrected chi connectivity index (χ3v) is 1.86. The Balaban J connectivity index is 3.10. The van der Waals surface area contributed by atoms with Crippen LogP contribution in [-0.4, -0.2) is 16.1 Å². The molecule has 0 spiro atoms. The summed E-state index contributed by atoms with van der Waals surface area (Å²) in [6.07, 6.45) is 3.01. The Morgan fingerprint density at radius 3 is 2.92 bits per heavy atom. The first-order chi connectivity index (χ1) is 6.15. The highest BCUT2D eigenvalue weighted by Crippen LogP contribution is 2.14. The van der Waals surface area contributed by atoms with Crippen molar-refractivity contribution in [2.45, 2.75) is 19.8 Å². The molecular weight excluding hydrogens is 190 g/mol. The maximum absolute atomic E-state index is 10.8. The molecule has 1 N–H and O–H groups in total. The van der Waals surface area contributed by atoms with Crippen LogP contribution in [0.2, 0.25) is 5.02 Å². The highest BCUT2D eigenvalue weighted by atomic mass is 35.5. The van der Waals surface area contributed by atoms with Crippen LogP contribution < -0.4 is 0 Å². The molecular formula is C9H10ClNO2. The third kappa shape index (κ3) is 2.42. The minimum atomic E-state index is -0.974. The fourth-order valence-corrected chi connectivity index (χ4v) is 1.25. The fourth-order valence-electron chi connectivity index (χ4n) is 1.09. The topological polar surface area (TPSA) is 50.2 Å². The van der Waals surface area contributed by atoms with E-state index in [4.69, 9.17) is 16.7 Å². The largest absolute Gasteiger partial charge is 0.478 e. The Morgan fingerprint density at radius 2 is 2.38 bits per heavy atom. The van der Waals surface area contributed by atoms with Crippen LogP contribution in [0.15, 0.2) is 12.3 Å². The zero-order chi connectivity index (χ0) is 9.84. The number of hydrogen-bond donors (Lipinski definition) is 1. The van der Waals surface area contributed by atoms with Gasteiger partial charge in [-0.15, -0.1) is 0 Å². The molecule has 1 heterocycles. The van der Waals surface area contributed by atoms with Gasteiger partial charge < -0.3 is 5.11 Å². The van der Waals surface area contributed by atoms with Gasteiger partial charge in [-0.1, -0.05) is 24.9 Å². The number of nitrogens with zero attached hydrogens (tertiary/aromatic N) is 1. The van der Waals surface area contributed by atoms with Gasteiger partial charge in [0.05, 0.1) is 16.3 Å². The minimum absolute atomic E-state index is 0.203. The summed E-state index contributed by atoms with van der Waals surface area (Å²) in [5, 5.41) is 9.18. The summed E-state index contributed by atoms with van der Waals surface area (Å²) in [7, 11) is 0. The third-order valence-electron chi connectivity index (χ3n) is 1.65. The number of aryl methyl sites for hydroxylation is 1. The van der Waals surface area contributed by atoms with Crippen LogP contribution in [0.1, 0.15) is 29.4 Å². The van der Waals surface area contributed by atoms with Crippen LogP contribution in [0.5, 0.6) is 0 Å². The lowest BCUT2D eigenvalue weighted by molar-refractivity contribution is 0.0695. The molecule has 0 radical (unpaired) electrons. The van der Waals surface area contributed by atoms with Gasteiger partial charge in [0.2, 0.25) is 0 Å². The molecule has 1 aromatic heterocycles. The van der Waals surface area contributed by atoms with Crippen molar-refractivity contribution < 1.29 is 9.90 Å². The summed E-state index contributed by atoms with van der Waals surface area (Å²) in [5.41, 5.74) is 0.800. The molecule has 0 atom stereocenters. The molecule has 0 bridgehead atoms. The van der Waals surface area contributed by atoms with Crippen LogP contribution >= 0.6 is 11.6 Å². The van der Waals surface area contributed by atoms with Gasteiger partial charge in [-0.25, -0.2) is 4.79 Å². The van der Waals surface area contributed by atoms with Gasteiger partial charge in [-0.2, -0.15) is 0 Å². The first kappa shape index (κ1) is 9.99. The molecule has 0 unspecified atom stereocenters. The Bertz CT molecular complexity index is 325. The average Bonchev–Trinajstić information content (AvgIpc) is 2.08. The number of aromatic carboxylic acids is 1. The van der Waals surface area contributed by atoms with E-state index in [9.17, 15) is 4.79 Å². The van der Waals surface area contributed by atoms with Gasteiger partial charge in [0.1, 0.15) is 0 Å². The van der Waals surface area contributed by atoms with Crippen LogP contribution in [0.4, 0.5) is 0 Å². The van der Waals surface area contributed by atoms with Crippen molar-refractivity contribution in [3.63, 3.8) is 0 Å². The van der Waals surface area contributed by atoms with E-state index in [2.05, 4.69) is 4.98 Å². The van der Waals surface area contributed by atoms with E-state index in [0.29, 0.717) is 17.1 Å². The maximum atomic E-state index is 10.8. The van der Waals surface area contributed by atoms with Crippen molar-refractivity contribution in [2.75, 3.05) is 0 Å². The number of carboxylic acid groups (broad SMARTS) is 1. The first-order valence-electron chi connectivity index (χ1n) is 4.03. The van der Waals surface area contributed by atoms with E-state index >= 15 is 0 Å². The molecule has 13 heavy (non-hydrogen) atoms. The molecule has 0 amide bonds. The monoisotopic (exact) mass is 199 g/mol. The predicted octanol–water partition coefficient (Wildman–Crippen LogP) is 2.39. The van der Waals surface area contributed by atoms with Crippen LogP contribution in [0.3, 0.4) is 0 Å². The first-order valence-corrected chi connectivity index (χ1v) is 4.40. The van der Waals surface area contributed by atoms with E-state index in [0.717, 1.165) is 6.42 Å². The Hall–Kier alpha value is -1.09. The summed E-state index contributed by atoms with van der Waals surface area (Å²) < 4.78 is 0. The van der Waals surface area contributed by atoms with Crippen molar-refractivity contribution in [1.82, 2.24) is 4.98 Å². The SMILES string of the molecule is CCCc1ncc(Cl)cc1C(=O)O. The Labute approximate surface area is 81.4 Å². The second-order valence-corrected chi connectivity index (χ2v) is 3.14. The fraction of sp³-hybridized carbons (Fsp3) is 0.333. The highest BCUT2D eigenvalue weighted by Gasteiger charge is 2.10. The van der Waals surface area contributed by atoms with E-state index in [1.807, 2.05) is 6.92 Å². The number of carbonyl (C=O) groups is 1. The molecule has 0 saturated carbocycles. The summed E-state index contributed by atoms with van der Waals surface area (Å²) in [6, 6.07) is 1.43. The standard InChI is InChI=1S/C9H10ClNO2/c1-2-3-8-7(9(12)13)4-6(10)5-11-8/h4-5H,2-3H2,1H3,(H,12,13). The molecule has 1 rings (SSSR count). The summed E-state index contributed by atoms with van der Waals surface area (Å²) in [5.74, 6) is -0.974. The van der Waals surface area contributed by atoms with Gasteiger partial charge in [0.25, 0.3) is 0 Å². The van der Waals surface area contributed by atoms with Gasteiger partial charge in [0.15, 0.2) is 0 Å². The second-order valence-electron chi connectivity index (χ2n) is 2.70. The lowest BCUT2D eigenvalue weighted by atomic mass is 10.1. The summed E-state index contributed by atoms with van der Waals surface area (Å²) in [4.78, 5) is 14.7. The molecule has 4 heteroatoms. The van der Waals surface area contributed by atoms with Crippen molar-refractivity contribution in [3.8, 4) is 0 Å². The normalized spacial score (nSPS) is 10.0. The van der Waals surface area contributed by atoms with Crippen molar-refractivity contribution in [3.05, 3.63) is 28.5 Å². The van der Waals surface area contributed by atoms with Crippen LogP contribution in [0, 0.1) is 0 Å². The van der Waals surface area contributed by atoms with Gasteiger partial charge in [-0.3, -0.25) is 4.98 Å².